The maximum Gasteiger partial charge on any atom is 0.227 e. The Morgan fingerprint density at radius 1 is 1.18 bits per heavy atom. The molecule has 0 N–H and O–H groups in total. The molecule has 1 aromatic carbocycles. The molecule has 22 heavy (non-hydrogen) atoms. The minimum absolute atomic E-state index is 0.155. The topological polar surface area (TPSA) is 32.8 Å². The van der Waals surface area contributed by atoms with Crippen molar-refractivity contribution in [3.05, 3.63) is 34.3 Å². The van der Waals surface area contributed by atoms with E-state index in [0.717, 1.165) is 50.0 Å². The molecule has 120 valence electrons. The van der Waals surface area contributed by atoms with Crippen molar-refractivity contribution in [1.82, 2.24) is 9.80 Å². The number of hydrogen-bond donors (Lipinski definition) is 0. The molecule has 1 unspecified atom stereocenters. The summed E-state index contributed by atoms with van der Waals surface area (Å²) in [5, 5.41) is 0. The number of nitrogens with zero attached hydrogens (tertiary/aromatic N) is 2. The summed E-state index contributed by atoms with van der Waals surface area (Å²) in [4.78, 5) is 17.0. The van der Waals surface area contributed by atoms with E-state index in [1.54, 1.807) is 0 Å². The quantitative estimate of drug-likeness (QED) is 0.823. The number of halogens is 1. The second-order valence-electron chi connectivity index (χ2n) is 6.14. The summed E-state index contributed by atoms with van der Waals surface area (Å²) in [6.07, 6.45) is 2.13. The van der Waals surface area contributed by atoms with Crippen LogP contribution >= 0.6 is 15.9 Å². The van der Waals surface area contributed by atoms with Crippen molar-refractivity contribution in [3.8, 4) is 0 Å². The van der Waals surface area contributed by atoms with Gasteiger partial charge in [-0.15, -0.1) is 0 Å². The zero-order valence-electron chi connectivity index (χ0n) is 12.8. The summed E-state index contributed by atoms with van der Waals surface area (Å²) in [5.41, 5.74) is 1.31. The van der Waals surface area contributed by atoms with Gasteiger partial charge in [-0.2, -0.15) is 0 Å². The number of rotatable bonds is 3. The molecule has 2 fully saturated rings. The molecule has 0 saturated carbocycles. The van der Waals surface area contributed by atoms with Gasteiger partial charge in [0.1, 0.15) is 0 Å². The lowest BCUT2D eigenvalue weighted by molar-refractivity contribution is -0.141. The van der Waals surface area contributed by atoms with Crippen LogP contribution in [-0.4, -0.2) is 55.1 Å². The van der Waals surface area contributed by atoms with E-state index in [1.807, 2.05) is 4.90 Å². The van der Waals surface area contributed by atoms with Gasteiger partial charge >= 0.3 is 0 Å². The Kier molecular flexibility index (Phi) is 5.50. The van der Waals surface area contributed by atoms with Crippen LogP contribution in [0.1, 0.15) is 18.4 Å². The molecule has 0 radical (unpaired) electrons. The van der Waals surface area contributed by atoms with E-state index in [-0.39, 0.29) is 5.92 Å². The van der Waals surface area contributed by atoms with Gasteiger partial charge in [0, 0.05) is 30.7 Å². The number of morpholine rings is 1. The minimum Gasteiger partial charge on any atom is -0.378 e. The molecule has 0 bridgehead atoms. The average molecular weight is 367 g/mol. The number of likely N-dealkylation sites (tertiary alicyclic amines) is 1. The first-order chi connectivity index (χ1) is 10.7. The molecule has 4 nitrogen and oxygen atoms in total. The van der Waals surface area contributed by atoms with Crippen molar-refractivity contribution in [2.45, 2.75) is 19.4 Å². The average Bonchev–Trinajstić information content (AvgIpc) is 2.57. The van der Waals surface area contributed by atoms with Crippen LogP contribution in [-0.2, 0) is 16.1 Å². The fourth-order valence-electron chi connectivity index (χ4n) is 3.29. The van der Waals surface area contributed by atoms with Crippen molar-refractivity contribution in [3.63, 3.8) is 0 Å². The van der Waals surface area contributed by atoms with Gasteiger partial charge in [0.2, 0.25) is 5.91 Å². The van der Waals surface area contributed by atoms with E-state index in [9.17, 15) is 4.79 Å². The number of ether oxygens (including phenoxy) is 1. The third-order valence-electron chi connectivity index (χ3n) is 4.50. The van der Waals surface area contributed by atoms with E-state index in [0.29, 0.717) is 19.1 Å². The minimum atomic E-state index is 0.155. The lowest BCUT2D eigenvalue weighted by Gasteiger charge is -2.36. The molecule has 3 rings (SSSR count). The van der Waals surface area contributed by atoms with Gasteiger partial charge in [0.05, 0.1) is 19.1 Å². The predicted molar refractivity (Wildman–Crippen MR) is 89.5 cm³/mol. The van der Waals surface area contributed by atoms with Gasteiger partial charge in [-0.25, -0.2) is 0 Å². The van der Waals surface area contributed by atoms with Crippen LogP contribution < -0.4 is 0 Å². The van der Waals surface area contributed by atoms with E-state index < -0.39 is 0 Å². The lowest BCUT2D eigenvalue weighted by Crippen LogP contribution is -2.48. The van der Waals surface area contributed by atoms with Gasteiger partial charge in [0.15, 0.2) is 0 Å². The van der Waals surface area contributed by atoms with Crippen molar-refractivity contribution >= 4 is 21.8 Å². The summed E-state index contributed by atoms with van der Waals surface area (Å²) in [7, 11) is 0. The zero-order valence-corrected chi connectivity index (χ0v) is 14.4. The van der Waals surface area contributed by atoms with Crippen LogP contribution in [0.2, 0.25) is 0 Å². The van der Waals surface area contributed by atoms with Crippen molar-refractivity contribution in [2.75, 3.05) is 39.4 Å². The number of carbonyl (C=O) groups excluding carboxylic acids is 1. The van der Waals surface area contributed by atoms with Crippen LogP contribution in [0.3, 0.4) is 0 Å². The Bertz CT molecular complexity index is 500. The SMILES string of the molecule is O=C(C1CCCN(Cc2ccc(Br)cc2)C1)N1CCOCC1. The molecule has 2 aliphatic heterocycles. The molecular weight excluding hydrogens is 344 g/mol. The van der Waals surface area contributed by atoms with Gasteiger partial charge in [-0.3, -0.25) is 9.69 Å². The monoisotopic (exact) mass is 366 g/mol. The lowest BCUT2D eigenvalue weighted by atomic mass is 9.96. The van der Waals surface area contributed by atoms with E-state index in [4.69, 9.17) is 4.74 Å². The second kappa shape index (κ2) is 7.57. The summed E-state index contributed by atoms with van der Waals surface area (Å²) in [5.74, 6) is 0.478. The largest absolute Gasteiger partial charge is 0.378 e. The van der Waals surface area contributed by atoms with Gasteiger partial charge in [-0.05, 0) is 37.1 Å². The van der Waals surface area contributed by atoms with E-state index in [1.165, 1.54) is 5.56 Å². The molecule has 2 heterocycles. The number of benzene rings is 1. The fraction of sp³-hybridized carbons (Fsp3) is 0.588. The Morgan fingerprint density at radius 3 is 2.64 bits per heavy atom. The predicted octanol–water partition coefficient (Wildman–Crippen LogP) is 2.52. The first-order valence-electron chi connectivity index (χ1n) is 8.06. The van der Waals surface area contributed by atoms with Crippen molar-refractivity contribution in [2.24, 2.45) is 5.92 Å². The molecule has 0 aromatic heterocycles. The normalized spacial score (nSPS) is 23.5. The molecule has 1 atom stereocenters. The van der Waals surface area contributed by atoms with Crippen LogP contribution in [0.15, 0.2) is 28.7 Å². The molecular formula is C17H23BrN2O2. The van der Waals surface area contributed by atoms with Crippen LogP contribution in [0.5, 0.6) is 0 Å². The standard InChI is InChI=1S/C17H23BrN2O2/c18-16-5-3-14(4-6-16)12-19-7-1-2-15(13-19)17(21)20-8-10-22-11-9-20/h3-6,15H,1-2,7-13H2. The summed E-state index contributed by atoms with van der Waals surface area (Å²) >= 11 is 3.47. The highest BCUT2D eigenvalue weighted by atomic mass is 79.9. The van der Waals surface area contributed by atoms with Crippen LogP contribution in [0.4, 0.5) is 0 Å². The first-order valence-corrected chi connectivity index (χ1v) is 8.85. The first kappa shape index (κ1) is 16.0. The molecule has 1 amide bonds. The molecule has 1 aromatic rings. The van der Waals surface area contributed by atoms with Gasteiger partial charge in [0.25, 0.3) is 0 Å². The molecule has 5 heteroatoms. The number of hydrogen-bond acceptors (Lipinski definition) is 3. The summed E-state index contributed by atoms with van der Waals surface area (Å²) < 4.78 is 6.45. The Labute approximate surface area is 140 Å². The zero-order chi connectivity index (χ0) is 15.4. The van der Waals surface area contributed by atoms with Crippen LogP contribution in [0, 0.1) is 5.92 Å². The highest BCUT2D eigenvalue weighted by Gasteiger charge is 2.29. The van der Waals surface area contributed by atoms with Crippen molar-refractivity contribution < 1.29 is 9.53 Å². The molecule has 2 saturated heterocycles. The van der Waals surface area contributed by atoms with Gasteiger partial charge in [-0.1, -0.05) is 28.1 Å². The van der Waals surface area contributed by atoms with E-state index in [2.05, 4.69) is 45.1 Å². The fourth-order valence-corrected chi connectivity index (χ4v) is 3.56. The highest BCUT2D eigenvalue weighted by molar-refractivity contribution is 9.10. The highest BCUT2D eigenvalue weighted by Crippen LogP contribution is 2.21. The maximum absolute atomic E-state index is 12.6. The number of amides is 1. The van der Waals surface area contributed by atoms with E-state index >= 15 is 0 Å². The Balaban J connectivity index is 1.56. The summed E-state index contributed by atoms with van der Waals surface area (Å²) in [6, 6.07) is 8.46. The van der Waals surface area contributed by atoms with Crippen molar-refractivity contribution in [1.29, 1.82) is 0 Å². The maximum atomic E-state index is 12.6. The van der Waals surface area contributed by atoms with Crippen LogP contribution in [0.25, 0.3) is 0 Å². The Hall–Kier alpha value is -0.910. The smallest absolute Gasteiger partial charge is 0.227 e. The third-order valence-corrected chi connectivity index (χ3v) is 5.03. The second-order valence-corrected chi connectivity index (χ2v) is 7.05. The molecule has 2 aliphatic rings. The number of piperidine rings is 1. The summed E-state index contributed by atoms with van der Waals surface area (Å²) in [6.45, 7) is 5.77. The molecule has 0 aliphatic carbocycles. The third kappa shape index (κ3) is 4.09. The molecule has 0 spiro atoms. The van der Waals surface area contributed by atoms with Gasteiger partial charge < -0.3 is 9.64 Å². The number of carbonyl (C=O) groups is 1. The Morgan fingerprint density at radius 2 is 1.91 bits per heavy atom.